The third-order valence-corrected chi connectivity index (χ3v) is 2.42. The zero-order valence-electron chi connectivity index (χ0n) is 7.23. The lowest BCUT2D eigenvalue weighted by Crippen LogP contribution is -1.97. The van der Waals surface area contributed by atoms with Crippen LogP contribution >= 0.6 is 15.9 Å². The first-order valence-corrected chi connectivity index (χ1v) is 4.53. The molecule has 12 heavy (non-hydrogen) atoms. The average Bonchev–Trinajstić information content (AvgIpc) is 2.09. The summed E-state index contributed by atoms with van der Waals surface area (Å²) >= 11 is 3.47. The molecular formula is C9H12BrNO. The van der Waals surface area contributed by atoms with Crippen LogP contribution in [0.4, 0.5) is 5.69 Å². The van der Waals surface area contributed by atoms with Crippen LogP contribution in [0.15, 0.2) is 22.7 Å². The van der Waals surface area contributed by atoms with Crippen LogP contribution in [-0.4, -0.2) is 14.2 Å². The molecule has 0 saturated carbocycles. The largest absolute Gasteiger partial charge is 0.388 e. The Morgan fingerprint density at radius 1 is 1.50 bits per heavy atom. The molecule has 0 fully saturated rings. The van der Waals surface area contributed by atoms with Crippen molar-refractivity contribution in [2.45, 2.75) is 6.61 Å². The summed E-state index contributed by atoms with van der Waals surface area (Å²) in [6, 6.07) is 6.03. The Morgan fingerprint density at radius 3 is 2.83 bits per heavy atom. The first-order chi connectivity index (χ1) is 5.79. The van der Waals surface area contributed by atoms with Gasteiger partial charge in [-0.05, 0) is 12.1 Å². The lowest BCUT2D eigenvalue weighted by Gasteiger charge is -2.09. The van der Waals surface area contributed by atoms with Gasteiger partial charge in [-0.1, -0.05) is 22.0 Å². The summed E-state index contributed by atoms with van der Waals surface area (Å²) in [5.41, 5.74) is 2.26. The summed E-state index contributed by atoms with van der Waals surface area (Å²) in [7, 11) is 3.60. The SMILES string of the molecule is CNc1cccc(Br)c1COC. The molecule has 2 nitrogen and oxygen atoms in total. The van der Waals surface area contributed by atoms with Gasteiger partial charge >= 0.3 is 0 Å². The number of hydrogen-bond acceptors (Lipinski definition) is 2. The van der Waals surface area contributed by atoms with Gasteiger partial charge in [0.1, 0.15) is 0 Å². The molecule has 1 N–H and O–H groups in total. The monoisotopic (exact) mass is 229 g/mol. The summed E-state index contributed by atoms with van der Waals surface area (Å²) in [5, 5.41) is 3.11. The van der Waals surface area contributed by atoms with Gasteiger partial charge in [0.25, 0.3) is 0 Å². The average molecular weight is 230 g/mol. The molecule has 0 amide bonds. The molecule has 0 aliphatic carbocycles. The number of halogens is 1. The van der Waals surface area contributed by atoms with Gasteiger partial charge < -0.3 is 10.1 Å². The van der Waals surface area contributed by atoms with Gasteiger partial charge in [-0.3, -0.25) is 0 Å². The summed E-state index contributed by atoms with van der Waals surface area (Å²) in [5.74, 6) is 0. The van der Waals surface area contributed by atoms with Gasteiger partial charge in [-0.15, -0.1) is 0 Å². The molecule has 3 heteroatoms. The molecule has 66 valence electrons. The first-order valence-electron chi connectivity index (χ1n) is 3.73. The Labute approximate surface area is 81.1 Å². The zero-order chi connectivity index (χ0) is 8.97. The molecular weight excluding hydrogens is 218 g/mol. The van der Waals surface area contributed by atoms with Crippen LogP contribution in [0.25, 0.3) is 0 Å². The molecule has 0 aromatic heterocycles. The van der Waals surface area contributed by atoms with Crippen LogP contribution in [-0.2, 0) is 11.3 Å². The third-order valence-electron chi connectivity index (χ3n) is 1.68. The van der Waals surface area contributed by atoms with E-state index in [4.69, 9.17) is 4.74 Å². The van der Waals surface area contributed by atoms with E-state index in [0.29, 0.717) is 6.61 Å². The van der Waals surface area contributed by atoms with E-state index in [1.165, 1.54) is 0 Å². The highest BCUT2D eigenvalue weighted by Crippen LogP contribution is 2.24. The van der Waals surface area contributed by atoms with Crippen molar-refractivity contribution in [1.29, 1.82) is 0 Å². The fourth-order valence-corrected chi connectivity index (χ4v) is 1.56. The van der Waals surface area contributed by atoms with E-state index in [9.17, 15) is 0 Å². The number of rotatable bonds is 3. The smallest absolute Gasteiger partial charge is 0.0744 e. The highest BCUT2D eigenvalue weighted by atomic mass is 79.9. The molecule has 1 rings (SSSR count). The standard InChI is InChI=1S/C9H12BrNO/c1-11-9-5-3-4-8(10)7(9)6-12-2/h3-5,11H,6H2,1-2H3. The predicted octanol–water partition coefficient (Wildman–Crippen LogP) is 2.64. The van der Waals surface area contributed by atoms with Crippen molar-refractivity contribution in [2.75, 3.05) is 19.5 Å². The Balaban J connectivity index is 3.02. The molecule has 0 atom stereocenters. The fourth-order valence-electron chi connectivity index (χ4n) is 1.08. The summed E-state index contributed by atoms with van der Waals surface area (Å²) in [4.78, 5) is 0. The second-order valence-corrected chi connectivity index (χ2v) is 3.30. The molecule has 0 aliphatic heterocycles. The van der Waals surface area contributed by atoms with Crippen LogP contribution in [0.1, 0.15) is 5.56 Å². The van der Waals surface area contributed by atoms with Crippen molar-refractivity contribution in [3.05, 3.63) is 28.2 Å². The van der Waals surface area contributed by atoms with Gasteiger partial charge in [0.15, 0.2) is 0 Å². The van der Waals surface area contributed by atoms with Crippen molar-refractivity contribution in [1.82, 2.24) is 0 Å². The van der Waals surface area contributed by atoms with Crippen LogP contribution in [0.2, 0.25) is 0 Å². The second-order valence-electron chi connectivity index (χ2n) is 2.45. The van der Waals surface area contributed by atoms with Gasteiger partial charge in [0.05, 0.1) is 6.61 Å². The molecule has 0 saturated heterocycles. The van der Waals surface area contributed by atoms with E-state index in [1.807, 2.05) is 25.2 Å². The van der Waals surface area contributed by atoms with Crippen LogP contribution < -0.4 is 5.32 Å². The van der Waals surface area contributed by atoms with Gasteiger partial charge in [-0.2, -0.15) is 0 Å². The maximum Gasteiger partial charge on any atom is 0.0744 e. The topological polar surface area (TPSA) is 21.3 Å². The molecule has 0 spiro atoms. The number of nitrogens with one attached hydrogen (secondary N) is 1. The number of methoxy groups -OCH3 is 1. The van der Waals surface area contributed by atoms with E-state index in [2.05, 4.69) is 21.2 Å². The Kier molecular flexibility index (Phi) is 3.56. The van der Waals surface area contributed by atoms with Gasteiger partial charge in [-0.25, -0.2) is 0 Å². The normalized spacial score (nSPS) is 9.92. The minimum Gasteiger partial charge on any atom is -0.388 e. The van der Waals surface area contributed by atoms with E-state index >= 15 is 0 Å². The van der Waals surface area contributed by atoms with E-state index in [1.54, 1.807) is 7.11 Å². The zero-order valence-corrected chi connectivity index (χ0v) is 8.81. The Hall–Kier alpha value is -0.540. The van der Waals surface area contributed by atoms with E-state index < -0.39 is 0 Å². The number of benzene rings is 1. The number of hydrogen-bond donors (Lipinski definition) is 1. The van der Waals surface area contributed by atoms with Crippen LogP contribution in [0.5, 0.6) is 0 Å². The number of anilines is 1. The van der Waals surface area contributed by atoms with Crippen molar-refractivity contribution in [2.24, 2.45) is 0 Å². The highest BCUT2D eigenvalue weighted by Gasteiger charge is 2.03. The van der Waals surface area contributed by atoms with E-state index in [-0.39, 0.29) is 0 Å². The Bertz CT molecular complexity index is 263. The molecule has 0 unspecified atom stereocenters. The summed E-state index contributed by atoms with van der Waals surface area (Å²) in [6.07, 6.45) is 0. The summed E-state index contributed by atoms with van der Waals surface area (Å²) < 4.78 is 6.16. The fraction of sp³-hybridized carbons (Fsp3) is 0.333. The molecule has 0 bridgehead atoms. The van der Waals surface area contributed by atoms with Crippen LogP contribution in [0.3, 0.4) is 0 Å². The lowest BCUT2D eigenvalue weighted by molar-refractivity contribution is 0.185. The van der Waals surface area contributed by atoms with Crippen molar-refractivity contribution < 1.29 is 4.74 Å². The maximum atomic E-state index is 5.08. The minimum atomic E-state index is 0.623. The minimum absolute atomic E-state index is 0.623. The molecule has 1 aromatic carbocycles. The van der Waals surface area contributed by atoms with E-state index in [0.717, 1.165) is 15.7 Å². The second kappa shape index (κ2) is 4.48. The maximum absolute atomic E-state index is 5.08. The highest BCUT2D eigenvalue weighted by molar-refractivity contribution is 9.10. The van der Waals surface area contributed by atoms with Crippen molar-refractivity contribution in [3.63, 3.8) is 0 Å². The summed E-state index contributed by atoms with van der Waals surface area (Å²) in [6.45, 7) is 0.623. The number of ether oxygens (including phenoxy) is 1. The van der Waals surface area contributed by atoms with Gasteiger partial charge in [0.2, 0.25) is 0 Å². The van der Waals surface area contributed by atoms with Crippen molar-refractivity contribution >= 4 is 21.6 Å². The first kappa shape index (κ1) is 9.55. The molecule has 0 heterocycles. The lowest BCUT2D eigenvalue weighted by atomic mass is 10.2. The van der Waals surface area contributed by atoms with Crippen LogP contribution in [0, 0.1) is 0 Å². The quantitative estimate of drug-likeness (QED) is 0.861. The molecule has 0 aliphatic rings. The third kappa shape index (κ3) is 1.99. The Morgan fingerprint density at radius 2 is 2.25 bits per heavy atom. The van der Waals surface area contributed by atoms with Gasteiger partial charge in [0, 0.05) is 29.9 Å². The predicted molar refractivity (Wildman–Crippen MR) is 54.4 cm³/mol. The molecule has 1 aromatic rings. The van der Waals surface area contributed by atoms with Crippen molar-refractivity contribution in [3.8, 4) is 0 Å². The molecule has 0 radical (unpaired) electrons.